The summed E-state index contributed by atoms with van der Waals surface area (Å²) in [5, 5.41) is 2.91. The SMILES string of the molecule is CCCC(=O)N1CCN(c2ccc(NC(=O)COc3cc(C)ccc3C(C)C)cc2)CC1. The average molecular weight is 438 g/mol. The summed E-state index contributed by atoms with van der Waals surface area (Å²) in [6, 6.07) is 13.9. The monoisotopic (exact) mass is 437 g/mol. The van der Waals surface area contributed by atoms with Crippen molar-refractivity contribution in [2.75, 3.05) is 43.0 Å². The van der Waals surface area contributed by atoms with Gasteiger partial charge >= 0.3 is 0 Å². The van der Waals surface area contributed by atoms with Crippen LogP contribution in [0.2, 0.25) is 0 Å². The normalized spacial score (nSPS) is 13.9. The number of amides is 2. The first-order valence-electron chi connectivity index (χ1n) is 11.5. The largest absolute Gasteiger partial charge is 0.483 e. The number of carbonyl (C=O) groups excluding carboxylic acids is 2. The Balaban J connectivity index is 1.50. The van der Waals surface area contributed by atoms with Crippen molar-refractivity contribution >= 4 is 23.2 Å². The zero-order valence-corrected chi connectivity index (χ0v) is 19.7. The second-order valence-corrected chi connectivity index (χ2v) is 8.70. The number of piperazine rings is 1. The molecule has 0 aliphatic carbocycles. The van der Waals surface area contributed by atoms with E-state index in [0.29, 0.717) is 12.3 Å². The highest BCUT2D eigenvalue weighted by Gasteiger charge is 2.20. The van der Waals surface area contributed by atoms with Crippen LogP contribution in [0, 0.1) is 6.92 Å². The highest BCUT2D eigenvalue weighted by Crippen LogP contribution is 2.27. The van der Waals surface area contributed by atoms with Crippen molar-refractivity contribution in [1.82, 2.24) is 4.90 Å². The molecule has 6 heteroatoms. The second kappa shape index (κ2) is 11.0. The summed E-state index contributed by atoms with van der Waals surface area (Å²) in [5.74, 6) is 1.16. The van der Waals surface area contributed by atoms with Gasteiger partial charge in [0.25, 0.3) is 5.91 Å². The summed E-state index contributed by atoms with van der Waals surface area (Å²) in [6.45, 7) is 11.4. The number of anilines is 2. The van der Waals surface area contributed by atoms with Crippen LogP contribution in [0.5, 0.6) is 5.75 Å². The van der Waals surface area contributed by atoms with Crippen LogP contribution in [0.15, 0.2) is 42.5 Å². The van der Waals surface area contributed by atoms with E-state index in [1.54, 1.807) is 0 Å². The molecule has 0 unspecified atom stereocenters. The molecule has 1 N–H and O–H groups in total. The third-order valence-corrected chi connectivity index (χ3v) is 5.76. The fraction of sp³-hybridized carbons (Fsp3) is 0.462. The number of aryl methyl sites for hydroxylation is 1. The van der Waals surface area contributed by atoms with Gasteiger partial charge in [0.2, 0.25) is 5.91 Å². The summed E-state index contributed by atoms with van der Waals surface area (Å²) in [4.78, 5) is 28.7. The number of nitrogens with one attached hydrogen (secondary N) is 1. The van der Waals surface area contributed by atoms with Crippen LogP contribution in [-0.2, 0) is 9.59 Å². The molecular formula is C26H35N3O3. The molecule has 0 spiro atoms. The summed E-state index contributed by atoms with van der Waals surface area (Å²) in [7, 11) is 0. The first-order chi connectivity index (χ1) is 15.4. The van der Waals surface area contributed by atoms with Gasteiger partial charge in [-0.1, -0.05) is 32.9 Å². The van der Waals surface area contributed by atoms with Gasteiger partial charge in [0.15, 0.2) is 6.61 Å². The number of hydrogen-bond donors (Lipinski definition) is 1. The minimum Gasteiger partial charge on any atom is -0.483 e. The summed E-state index contributed by atoms with van der Waals surface area (Å²) < 4.78 is 5.83. The Morgan fingerprint density at radius 2 is 1.72 bits per heavy atom. The number of carbonyl (C=O) groups is 2. The molecule has 0 radical (unpaired) electrons. The van der Waals surface area contributed by atoms with Crippen LogP contribution in [0.25, 0.3) is 0 Å². The quantitative estimate of drug-likeness (QED) is 0.656. The maximum absolute atomic E-state index is 12.4. The molecule has 1 heterocycles. The molecule has 0 atom stereocenters. The molecule has 6 nitrogen and oxygen atoms in total. The number of rotatable bonds is 8. The lowest BCUT2D eigenvalue weighted by Gasteiger charge is -2.36. The van der Waals surface area contributed by atoms with Crippen LogP contribution >= 0.6 is 0 Å². The Hall–Kier alpha value is -3.02. The molecule has 2 aromatic carbocycles. The molecule has 1 aliphatic rings. The lowest BCUT2D eigenvalue weighted by Crippen LogP contribution is -2.48. The zero-order valence-electron chi connectivity index (χ0n) is 19.7. The highest BCUT2D eigenvalue weighted by atomic mass is 16.5. The van der Waals surface area contributed by atoms with E-state index in [1.165, 1.54) is 0 Å². The minimum absolute atomic E-state index is 0.0291. The fourth-order valence-electron chi connectivity index (χ4n) is 3.93. The van der Waals surface area contributed by atoms with Gasteiger partial charge in [-0.3, -0.25) is 9.59 Å². The molecule has 1 fully saturated rings. The van der Waals surface area contributed by atoms with Crippen molar-refractivity contribution in [3.05, 3.63) is 53.6 Å². The van der Waals surface area contributed by atoms with Gasteiger partial charge in [-0.05, 0) is 60.7 Å². The maximum Gasteiger partial charge on any atom is 0.262 e. The first-order valence-corrected chi connectivity index (χ1v) is 11.5. The zero-order chi connectivity index (χ0) is 23.1. The average Bonchev–Trinajstić information content (AvgIpc) is 2.78. The van der Waals surface area contributed by atoms with E-state index in [0.717, 1.165) is 60.9 Å². The van der Waals surface area contributed by atoms with Crippen LogP contribution in [0.3, 0.4) is 0 Å². The molecule has 0 bridgehead atoms. The number of ether oxygens (including phenoxy) is 1. The Kier molecular flexibility index (Phi) is 8.14. The van der Waals surface area contributed by atoms with Crippen molar-refractivity contribution in [2.45, 2.75) is 46.5 Å². The van der Waals surface area contributed by atoms with E-state index in [9.17, 15) is 9.59 Å². The van der Waals surface area contributed by atoms with Gasteiger partial charge in [-0.15, -0.1) is 0 Å². The van der Waals surface area contributed by atoms with Crippen molar-refractivity contribution in [3.8, 4) is 5.75 Å². The summed E-state index contributed by atoms with van der Waals surface area (Å²) in [5.41, 5.74) is 4.05. The molecule has 0 aromatic heterocycles. The lowest BCUT2D eigenvalue weighted by atomic mass is 10.0. The van der Waals surface area contributed by atoms with E-state index in [1.807, 2.05) is 49.1 Å². The molecular weight excluding hydrogens is 402 g/mol. The van der Waals surface area contributed by atoms with E-state index in [-0.39, 0.29) is 18.4 Å². The van der Waals surface area contributed by atoms with E-state index >= 15 is 0 Å². The number of hydrogen-bond acceptors (Lipinski definition) is 4. The van der Waals surface area contributed by atoms with Crippen molar-refractivity contribution < 1.29 is 14.3 Å². The van der Waals surface area contributed by atoms with Gasteiger partial charge in [0, 0.05) is 44.0 Å². The van der Waals surface area contributed by atoms with E-state index in [4.69, 9.17) is 4.74 Å². The molecule has 1 aliphatic heterocycles. The predicted molar refractivity (Wildman–Crippen MR) is 130 cm³/mol. The Morgan fingerprint density at radius 3 is 2.34 bits per heavy atom. The van der Waals surface area contributed by atoms with Gasteiger partial charge in [-0.2, -0.15) is 0 Å². The van der Waals surface area contributed by atoms with Gasteiger partial charge in [-0.25, -0.2) is 0 Å². The van der Waals surface area contributed by atoms with Crippen LogP contribution in [0.4, 0.5) is 11.4 Å². The molecule has 1 saturated heterocycles. The first kappa shape index (κ1) is 23.6. The van der Waals surface area contributed by atoms with Gasteiger partial charge in [0.05, 0.1) is 0 Å². The Bertz CT molecular complexity index is 916. The van der Waals surface area contributed by atoms with Crippen LogP contribution in [-0.4, -0.2) is 49.5 Å². The Labute approximate surface area is 191 Å². The lowest BCUT2D eigenvalue weighted by molar-refractivity contribution is -0.131. The maximum atomic E-state index is 12.4. The van der Waals surface area contributed by atoms with E-state index in [2.05, 4.69) is 36.2 Å². The minimum atomic E-state index is -0.183. The number of benzene rings is 2. The highest BCUT2D eigenvalue weighted by molar-refractivity contribution is 5.92. The molecule has 2 amide bonds. The van der Waals surface area contributed by atoms with E-state index < -0.39 is 0 Å². The molecule has 2 aromatic rings. The third kappa shape index (κ3) is 6.25. The van der Waals surface area contributed by atoms with Crippen molar-refractivity contribution in [3.63, 3.8) is 0 Å². The van der Waals surface area contributed by atoms with Gasteiger partial charge in [0.1, 0.15) is 5.75 Å². The van der Waals surface area contributed by atoms with Crippen LogP contribution < -0.4 is 15.0 Å². The molecule has 0 saturated carbocycles. The number of nitrogens with zero attached hydrogens (tertiary/aromatic N) is 2. The standard InChI is InChI=1S/C26H35N3O3/c1-5-6-26(31)29-15-13-28(14-16-29)22-10-8-21(9-11-22)27-25(30)18-32-24-17-20(4)7-12-23(24)19(2)3/h7-12,17,19H,5-6,13-16,18H2,1-4H3,(H,27,30). The van der Waals surface area contributed by atoms with Crippen LogP contribution in [0.1, 0.15) is 50.7 Å². The van der Waals surface area contributed by atoms with Gasteiger partial charge < -0.3 is 19.9 Å². The van der Waals surface area contributed by atoms with Crippen molar-refractivity contribution in [2.24, 2.45) is 0 Å². The Morgan fingerprint density at radius 1 is 1.03 bits per heavy atom. The predicted octanol–water partition coefficient (Wildman–Crippen LogP) is 4.58. The van der Waals surface area contributed by atoms with Crippen molar-refractivity contribution in [1.29, 1.82) is 0 Å². The molecule has 3 rings (SSSR count). The summed E-state index contributed by atoms with van der Waals surface area (Å²) in [6.07, 6.45) is 1.52. The molecule has 32 heavy (non-hydrogen) atoms. The smallest absolute Gasteiger partial charge is 0.262 e. The topological polar surface area (TPSA) is 61.9 Å². The second-order valence-electron chi connectivity index (χ2n) is 8.70. The summed E-state index contributed by atoms with van der Waals surface area (Å²) >= 11 is 0. The fourth-order valence-corrected chi connectivity index (χ4v) is 3.93. The molecule has 172 valence electrons. The third-order valence-electron chi connectivity index (χ3n) is 5.76.